The fourth-order valence-electron chi connectivity index (χ4n) is 2.90. The Labute approximate surface area is 88.1 Å². The molecule has 2 nitrogen and oxygen atoms in total. The zero-order valence-corrected chi connectivity index (χ0v) is 9.84. The van der Waals surface area contributed by atoms with Gasteiger partial charge in [0.15, 0.2) is 0 Å². The summed E-state index contributed by atoms with van der Waals surface area (Å²) in [6, 6.07) is 0.854. The second kappa shape index (κ2) is 3.82. The highest BCUT2D eigenvalue weighted by Crippen LogP contribution is 2.39. The van der Waals surface area contributed by atoms with Gasteiger partial charge in [0.1, 0.15) is 0 Å². The van der Waals surface area contributed by atoms with Crippen molar-refractivity contribution in [3.63, 3.8) is 0 Å². The molecule has 0 bridgehead atoms. The summed E-state index contributed by atoms with van der Waals surface area (Å²) >= 11 is 0. The van der Waals surface area contributed by atoms with Crippen LogP contribution in [0.2, 0.25) is 0 Å². The first-order valence-electron chi connectivity index (χ1n) is 6.12. The summed E-state index contributed by atoms with van der Waals surface area (Å²) < 4.78 is 0. The second-order valence-corrected chi connectivity index (χ2v) is 5.50. The minimum Gasteiger partial charge on any atom is -0.314 e. The van der Waals surface area contributed by atoms with E-state index in [0.29, 0.717) is 5.54 Å². The van der Waals surface area contributed by atoms with Crippen LogP contribution in [0.4, 0.5) is 0 Å². The largest absolute Gasteiger partial charge is 0.314 e. The maximum atomic E-state index is 3.50. The molecule has 14 heavy (non-hydrogen) atoms. The summed E-state index contributed by atoms with van der Waals surface area (Å²) in [7, 11) is 0. The van der Waals surface area contributed by atoms with Crippen LogP contribution in [0.3, 0.4) is 0 Å². The summed E-state index contributed by atoms with van der Waals surface area (Å²) in [4.78, 5) is 2.75. The summed E-state index contributed by atoms with van der Waals surface area (Å²) in [5, 5.41) is 3.50. The number of nitrogens with zero attached hydrogens (tertiary/aromatic N) is 1. The fraction of sp³-hybridized carbons (Fsp3) is 1.00. The smallest absolute Gasteiger partial charge is 0.0281 e. The molecule has 2 aliphatic rings. The molecule has 82 valence electrons. The van der Waals surface area contributed by atoms with Crippen LogP contribution in [0.25, 0.3) is 0 Å². The van der Waals surface area contributed by atoms with E-state index >= 15 is 0 Å². The molecule has 1 N–H and O–H groups in total. The molecule has 0 aromatic carbocycles. The van der Waals surface area contributed by atoms with Gasteiger partial charge in [-0.25, -0.2) is 0 Å². The highest BCUT2D eigenvalue weighted by molar-refractivity contribution is 4.97. The lowest BCUT2D eigenvalue weighted by molar-refractivity contribution is 0.0333. The van der Waals surface area contributed by atoms with E-state index < -0.39 is 0 Å². The first kappa shape index (κ1) is 10.4. The molecule has 2 fully saturated rings. The monoisotopic (exact) mass is 196 g/mol. The normalized spacial score (nSPS) is 30.2. The van der Waals surface area contributed by atoms with Crippen LogP contribution in [0.15, 0.2) is 0 Å². The molecule has 1 saturated carbocycles. The Hall–Kier alpha value is -0.0800. The summed E-state index contributed by atoms with van der Waals surface area (Å²) in [6.07, 6.45) is 4.27. The molecule has 2 heteroatoms. The molecule has 1 aliphatic heterocycles. The Balaban J connectivity index is 2.04. The number of piperazine rings is 1. The Morgan fingerprint density at radius 3 is 2.64 bits per heavy atom. The minimum absolute atomic E-state index is 0.363. The standard InChI is InChI=1S/C12H24N2/c1-4-11(10-5-6-10)14-8-7-13-9-12(14,2)3/h10-11,13H,4-9H2,1-3H3. The van der Waals surface area contributed by atoms with E-state index in [1.54, 1.807) is 0 Å². The van der Waals surface area contributed by atoms with E-state index in [0.717, 1.165) is 18.5 Å². The summed E-state index contributed by atoms with van der Waals surface area (Å²) in [6.45, 7) is 10.7. The van der Waals surface area contributed by atoms with Gasteiger partial charge >= 0.3 is 0 Å². The molecule has 0 radical (unpaired) electrons. The molecule has 0 aromatic rings. The zero-order valence-electron chi connectivity index (χ0n) is 9.84. The molecule has 2 rings (SSSR count). The fourth-order valence-corrected chi connectivity index (χ4v) is 2.90. The predicted octanol–water partition coefficient (Wildman–Crippen LogP) is 1.86. The number of nitrogens with one attached hydrogen (secondary N) is 1. The lowest BCUT2D eigenvalue weighted by atomic mass is 9.94. The molecular formula is C12H24N2. The van der Waals surface area contributed by atoms with Crippen LogP contribution in [0.1, 0.15) is 40.0 Å². The van der Waals surface area contributed by atoms with Crippen molar-refractivity contribution in [2.24, 2.45) is 5.92 Å². The van der Waals surface area contributed by atoms with Crippen LogP contribution < -0.4 is 5.32 Å². The molecule has 1 heterocycles. The zero-order chi connectivity index (χ0) is 10.2. The van der Waals surface area contributed by atoms with E-state index in [-0.39, 0.29) is 0 Å². The van der Waals surface area contributed by atoms with E-state index in [1.807, 2.05) is 0 Å². The van der Waals surface area contributed by atoms with Crippen molar-refractivity contribution in [3.05, 3.63) is 0 Å². The van der Waals surface area contributed by atoms with Gasteiger partial charge in [-0.2, -0.15) is 0 Å². The SMILES string of the molecule is CCC(C1CC1)N1CCNCC1(C)C. The van der Waals surface area contributed by atoms with Gasteiger partial charge in [-0.05, 0) is 39.0 Å². The van der Waals surface area contributed by atoms with Gasteiger partial charge < -0.3 is 5.32 Å². The Bertz CT molecular complexity index is 196. The molecule has 0 spiro atoms. The molecule has 0 amide bonds. The Morgan fingerprint density at radius 2 is 2.14 bits per heavy atom. The first-order valence-corrected chi connectivity index (χ1v) is 6.12. The topological polar surface area (TPSA) is 15.3 Å². The van der Waals surface area contributed by atoms with Crippen LogP contribution in [0.5, 0.6) is 0 Å². The van der Waals surface area contributed by atoms with Gasteiger partial charge in [-0.15, -0.1) is 0 Å². The van der Waals surface area contributed by atoms with Gasteiger partial charge in [0, 0.05) is 31.2 Å². The average Bonchev–Trinajstić information content (AvgIpc) is 2.92. The van der Waals surface area contributed by atoms with Crippen molar-refractivity contribution in [2.75, 3.05) is 19.6 Å². The molecular weight excluding hydrogens is 172 g/mol. The number of rotatable bonds is 3. The third-order valence-corrected chi connectivity index (χ3v) is 3.85. The average molecular weight is 196 g/mol. The third kappa shape index (κ3) is 1.96. The highest BCUT2D eigenvalue weighted by atomic mass is 15.3. The van der Waals surface area contributed by atoms with Crippen LogP contribution >= 0.6 is 0 Å². The molecule has 0 aromatic heterocycles. The van der Waals surface area contributed by atoms with Crippen molar-refractivity contribution in [1.29, 1.82) is 0 Å². The third-order valence-electron chi connectivity index (χ3n) is 3.85. The minimum atomic E-state index is 0.363. The van der Waals surface area contributed by atoms with Gasteiger partial charge in [-0.3, -0.25) is 4.90 Å². The van der Waals surface area contributed by atoms with Crippen molar-refractivity contribution in [1.82, 2.24) is 10.2 Å². The molecule has 1 saturated heterocycles. The maximum absolute atomic E-state index is 3.50. The molecule has 1 aliphatic carbocycles. The van der Waals surface area contributed by atoms with Crippen molar-refractivity contribution in [2.45, 2.75) is 51.6 Å². The first-order chi connectivity index (χ1) is 6.65. The van der Waals surface area contributed by atoms with Crippen LogP contribution in [0, 0.1) is 5.92 Å². The van der Waals surface area contributed by atoms with Gasteiger partial charge in [0.25, 0.3) is 0 Å². The van der Waals surface area contributed by atoms with Gasteiger partial charge in [0.05, 0.1) is 0 Å². The van der Waals surface area contributed by atoms with Crippen molar-refractivity contribution in [3.8, 4) is 0 Å². The van der Waals surface area contributed by atoms with E-state index in [4.69, 9.17) is 0 Å². The van der Waals surface area contributed by atoms with Gasteiger partial charge in [-0.1, -0.05) is 6.92 Å². The lowest BCUT2D eigenvalue weighted by Gasteiger charge is -2.47. The highest BCUT2D eigenvalue weighted by Gasteiger charge is 2.40. The maximum Gasteiger partial charge on any atom is 0.0281 e. The number of hydrogen-bond donors (Lipinski definition) is 1. The Morgan fingerprint density at radius 1 is 1.43 bits per heavy atom. The predicted molar refractivity (Wildman–Crippen MR) is 60.5 cm³/mol. The van der Waals surface area contributed by atoms with E-state index in [1.165, 1.54) is 32.4 Å². The second-order valence-electron chi connectivity index (χ2n) is 5.50. The number of hydrogen-bond acceptors (Lipinski definition) is 2. The lowest BCUT2D eigenvalue weighted by Crippen LogP contribution is -2.61. The molecule has 1 unspecified atom stereocenters. The van der Waals surface area contributed by atoms with E-state index in [9.17, 15) is 0 Å². The summed E-state index contributed by atoms with van der Waals surface area (Å²) in [5.41, 5.74) is 0.363. The van der Waals surface area contributed by atoms with Gasteiger partial charge in [0.2, 0.25) is 0 Å². The van der Waals surface area contributed by atoms with Crippen molar-refractivity contribution < 1.29 is 0 Å². The van der Waals surface area contributed by atoms with E-state index in [2.05, 4.69) is 31.0 Å². The molecule has 1 atom stereocenters. The quantitative estimate of drug-likeness (QED) is 0.741. The van der Waals surface area contributed by atoms with Crippen LogP contribution in [-0.2, 0) is 0 Å². The van der Waals surface area contributed by atoms with Crippen LogP contribution in [-0.4, -0.2) is 36.1 Å². The summed E-state index contributed by atoms with van der Waals surface area (Å²) in [5.74, 6) is 1.01. The van der Waals surface area contributed by atoms with Crippen molar-refractivity contribution >= 4 is 0 Å². The Kier molecular flexibility index (Phi) is 2.85.